The van der Waals surface area contributed by atoms with Crippen LogP contribution >= 0.6 is 0 Å². The van der Waals surface area contributed by atoms with E-state index >= 15 is 0 Å². The quantitative estimate of drug-likeness (QED) is 0.850. The largest absolute Gasteiger partial charge is 0.378 e. The Morgan fingerprint density at radius 3 is 3.12 bits per heavy atom. The summed E-state index contributed by atoms with van der Waals surface area (Å²) in [7, 11) is 0. The molecule has 2 unspecified atom stereocenters. The molecule has 0 saturated carbocycles. The molecule has 94 valence electrons. The third-order valence-corrected chi connectivity index (χ3v) is 3.37. The van der Waals surface area contributed by atoms with Gasteiger partial charge in [0.1, 0.15) is 5.82 Å². The van der Waals surface area contributed by atoms with Gasteiger partial charge in [0.15, 0.2) is 0 Å². The predicted octanol–water partition coefficient (Wildman–Crippen LogP) is 2.73. The summed E-state index contributed by atoms with van der Waals surface area (Å²) in [5.74, 6) is 0.438. The molecule has 1 aliphatic heterocycles. The van der Waals surface area contributed by atoms with Gasteiger partial charge in [-0.1, -0.05) is 19.1 Å². The van der Waals surface area contributed by atoms with Crippen LogP contribution in [0.2, 0.25) is 0 Å². The van der Waals surface area contributed by atoms with Crippen LogP contribution in [0.5, 0.6) is 0 Å². The molecule has 0 amide bonds. The van der Waals surface area contributed by atoms with E-state index in [2.05, 4.69) is 12.2 Å². The Balaban J connectivity index is 1.76. The molecular formula is C14H20FNO. The van der Waals surface area contributed by atoms with E-state index in [9.17, 15) is 4.39 Å². The molecule has 1 heterocycles. The summed E-state index contributed by atoms with van der Waals surface area (Å²) in [5.41, 5.74) is 0.997. The van der Waals surface area contributed by atoms with Crippen molar-refractivity contribution in [2.45, 2.75) is 32.4 Å². The molecule has 1 fully saturated rings. The van der Waals surface area contributed by atoms with Gasteiger partial charge in [-0.25, -0.2) is 4.39 Å². The molecule has 0 bridgehead atoms. The Bertz CT molecular complexity index is 356. The van der Waals surface area contributed by atoms with Crippen LogP contribution in [0.25, 0.3) is 0 Å². The van der Waals surface area contributed by atoms with E-state index in [0.29, 0.717) is 12.0 Å². The van der Waals surface area contributed by atoms with Gasteiger partial charge >= 0.3 is 0 Å². The molecule has 0 aliphatic carbocycles. The molecule has 17 heavy (non-hydrogen) atoms. The number of ether oxygens (including phenoxy) is 1. The van der Waals surface area contributed by atoms with Gasteiger partial charge in [-0.2, -0.15) is 0 Å². The Kier molecular flexibility index (Phi) is 4.51. The van der Waals surface area contributed by atoms with E-state index in [1.54, 1.807) is 12.1 Å². The molecule has 2 atom stereocenters. The Labute approximate surface area is 102 Å². The minimum Gasteiger partial charge on any atom is -0.378 e. The minimum absolute atomic E-state index is 0.167. The van der Waals surface area contributed by atoms with Gasteiger partial charge in [0, 0.05) is 19.7 Å². The van der Waals surface area contributed by atoms with Crippen molar-refractivity contribution in [3.8, 4) is 0 Å². The van der Waals surface area contributed by atoms with Crippen molar-refractivity contribution in [2.24, 2.45) is 5.92 Å². The summed E-state index contributed by atoms with van der Waals surface area (Å²) in [5, 5.41) is 3.39. The van der Waals surface area contributed by atoms with Crippen molar-refractivity contribution < 1.29 is 9.13 Å². The van der Waals surface area contributed by atoms with E-state index in [-0.39, 0.29) is 5.82 Å². The third-order valence-electron chi connectivity index (χ3n) is 3.37. The Hall–Kier alpha value is -0.930. The SMILES string of the molecule is CCC1OCCC1CNCc1cccc(F)c1. The highest BCUT2D eigenvalue weighted by molar-refractivity contribution is 5.15. The zero-order valence-electron chi connectivity index (χ0n) is 10.3. The molecule has 3 heteroatoms. The molecule has 1 saturated heterocycles. The lowest BCUT2D eigenvalue weighted by molar-refractivity contribution is 0.0872. The van der Waals surface area contributed by atoms with Crippen molar-refractivity contribution in [1.29, 1.82) is 0 Å². The van der Waals surface area contributed by atoms with Gasteiger partial charge in [0.2, 0.25) is 0 Å². The van der Waals surface area contributed by atoms with Gasteiger partial charge < -0.3 is 10.1 Å². The van der Waals surface area contributed by atoms with E-state index < -0.39 is 0 Å². The zero-order valence-corrected chi connectivity index (χ0v) is 10.3. The maximum Gasteiger partial charge on any atom is 0.123 e. The molecule has 1 aromatic carbocycles. The van der Waals surface area contributed by atoms with Crippen LogP contribution in [0.15, 0.2) is 24.3 Å². The van der Waals surface area contributed by atoms with Crippen molar-refractivity contribution in [3.05, 3.63) is 35.6 Å². The summed E-state index contributed by atoms with van der Waals surface area (Å²) in [6, 6.07) is 6.75. The van der Waals surface area contributed by atoms with Gasteiger partial charge in [-0.3, -0.25) is 0 Å². The fourth-order valence-corrected chi connectivity index (χ4v) is 2.43. The summed E-state index contributed by atoms with van der Waals surface area (Å²) in [6.45, 7) is 4.72. The highest BCUT2D eigenvalue weighted by Gasteiger charge is 2.25. The monoisotopic (exact) mass is 237 g/mol. The standard InChI is InChI=1S/C14H20FNO/c1-2-14-12(6-7-17-14)10-16-9-11-4-3-5-13(15)8-11/h3-5,8,12,14,16H,2,6-7,9-10H2,1H3. The molecule has 0 spiro atoms. The van der Waals surface area contributed by atoms with Gasteiger partial charge in [-0.05, 0) is 36.5 Å². The van der Waals surface area contributed by atoms with Gasteiger partial charge in [0.05, 0.1) is 6.10 Å². The maximum absolute atomic E-state index is 13.0. The second kappa shape index (κ2) is 6.12. The lowest BCUT2D eigenvalue weighted by Gasteiger charge is -2.17. The number of hydrogen-bond donors (Lipinski definition) is 1. The van der Waals surface area contributed by atoms with E-state index in [0.717, 1.165) is 38.1 Å². The highest BCUT2D eigenvalue weighted by Crippen LogP contribution is 2.22. The van der Waals surface area contributed by atoms with Crippen LogP contribution in [0.3, 0.4) is 0 Å². The third kappa shape index (κ3) is 3.51. The molecule has 1 aromatic rings. The smallest absolute Gasteiger partial charge is 0.123 e. The number of nitrogens with one attached hydrogen (secondary N) is 1. The maximum atomic E-state index is 13.0. The molecule has 2 rings (SSSR count). The molecule has 0 radical (unpaired) electrons. The van der Waals surface area contributed by atoms with Gasteiger partial charge in [0.25, 0.3) is 0 Å². The van der Waals surface area contributed by atoms with Gasteiger partial charge in [-0.15, -0.1) is 0 Å². The molecule has 2 nitrogen and oxygen atoms in total. The fourth-order valence-electron chi connectivity index (χ4n) is 2.43. The number of hydrogen-bond acceptors (Lipinski definition) is 2. The van der Waals surface area contributed by atoms with Crippen LogP contribution in [0.1, 0.15) is 25.3 Å². The van der Waals surface area contributed by atoms with E-state index in [1.165, 1.54) is 6.07 Å². The molecule has 1 aliphatic rings. The minimum atomic E-state index is -0.167. The average molecular weight is 237 g/mol. The first kappa shape index (κ1) is 12.5. The van der Waals surface area contributed by atoms with Crippen LogP contribution < -0.4 is 5.32 Å². The van der Waals surface area contributed by atoms with Crippen LogP contribution in [-0.2, 0) is 11.3 Å². The molecule has 1 N–H and O–H groups in total. The first-order valence-electron chi connectivity index (χ1n) is 6.36. The van der Waals surface area contributed by atoms with Crippen molar-refractivity contribution in [2.75, 3.05) is 13.2 Å². The molecule has 0 aromatic heterocycles. The first-order valence-corrected chi connectivity index (χ1v) is 6.36. The normalized spacial score (nSPS) is 24.1. The van der Waals surface area contributed by atoms with Crippen molar-refractivity contribution >= 4 is 0 Å². The summed E-state index contributed by atoms with van der Waals surface area (Å²) in [6.07, 6.45) is 2.61. The predicted molar refractivity (Wildman–Crippen MR) is 66.2 cm³/mol. The highest BCUT2D eigenvalue weighted by atomic mass is 19.1. The lowest BCUT2D eigenvalue weighted by atomic mass is 9.99. The Morgan fingerprint density at radius 2 is 2.35 bits per heavy atom. The lowest BCUT2D eigenvalue weighted by Crippen LogP contribution is -2.27. The zero-order chi connectivity index (χ0) is 12.1. The molecular weight excluding hydrogens is 217 g/mol. The fraction of sp³-hybridized carbons (Fsp3) is 0.571. The van der Waals surface area contributed by atoms with E-state index in [1.807, 2.05) is 6.07 Å². The van der Waals surface area contributed by atoms with Crippen LogP contribution in [0.4, 0.5) is 4.39 Å². The second-order valence-corrected chi connectivity index (χ2v) is 4.63. The van der Waals surface area contributed by atoms with Crippen molar-refractivity contribution in [1.82, 2.24) is 5.32 Å². The number of benzene rings is 1. The first-order chi connectivity index (χ1) is 8.29. The van der Waals surface area contributed by atoms with Crippen molar-refractivity contribution in [3.63, 3.8) is 0 Å². The van der Waals surface area contributed by atoms with E-state index in [4.69, 9.17) is 4.74 Å². The second-order valence-electron chi connectivity index (χ2n) is 4.63. The summed E-state index contributed by atoms with van der Waals surface area (Å²) >= 11 is 0. The average Bonchev–Trinajstić information content (AvgIpc) is 2.77. The summed E-state index contributed by atoms with van der Waals surface area (Å²) in [4.78, 5) is 0. The topological polar surface area (TPSA) is 21.3 Å². The van der Waals surface area contributed by atoms with Crippen LogP contribution in [-0.4, -0.2) is 19.3 Å². The number of rotatable bonds is 5. The van der Waals surface area contributed by atoms with Crippen LogP contribution in [0, 0.1) is 11.7 Å². The summed E-state index contributed by atoms with van der Waals surface area (Å²) < 4.78 is 18.6. The Morgan fingerprint density at radius 1 is 1.47 bits per heavy atom. The number of halogens is 1.